The normalized spacial score (nSPS) is 16.7. The van der Waals surface area contributed by atoms with Crippen LogP contribution in [-0.2, 0) is 25.6 Å². The van der Waals surface area contributed by atoms with Gasteiger partial charge in [-0.15, -0.1) is 0 Å². The van der Waals surface area contributed by atoms with Crippen LogP contribution in [0.4, 0.5) is 9.59 Å². The van der Waals surface area contributed by atoms with E-state index in [1.165, 1.54) is 0 Å². The fourth-order valence-electron chi connectivity index (χ4n) is 3.51. The summed E-state index contributed by atoms with van der Waals surface area (Å²) in [7, 11) is 0. The predicted octanol–water partition coefficient (Wildman–Crippen LogP) is 3.42. The first-order valence-electron chi connectivity index (χ1n) is 11.8. The monoisotopic (exact) mass is 477 g/mol. The number of nitrogens with zero attached hydrogens (tertiary/aromatic N) is 2. The number of hydrogen-bond acceptors (Lipinski definition) is 7. The quantitative estimate of drug-likeness (QED) is 0.453. The summed E-state index contributed by atoms with van der Waals surface area (Å²) in [4.78, 5) is 41.0. The van der Waals surface area contributed by atoms with Gasteiger partial charge in [-0.25, -0.2) is 9.59 Å². The lowest BCUT2D eigenvalue weighted by Gasteiger charge is -2.41. The van der Waals surface area contributed by atoms with Crippen molar-refractivity contribution in [3.8, 4) is 0 Å². The van der Waals surface area contributed by atoms with Gasteiger partial charge in [-0.1, -0.05) is 30.3 Å². The number of amides is 2. The molecule has 1 heterocycles. The van der Waals surface area contributed by atoms with E-state index >= 15 is 0 Å². The third-order valence-electron chi connectivity index (χ3n) is 5.35. The lowest BCUT2D eigenvalue weighted by Crippen LogP contribution is -2.60. The van der Waals surface area contributed by atoms with E-state index in [9.17, 15) is 14.4 Å². The fourth-order valence-corrected chi connectivity index (χ4v) is 3.51. The molecule has 9 heteroatoms. The Morgan fingerprint density at radius 1 is 1.00 bits per heavy atom. The Bertz CT molecular complexity index is 822. The SMILES string of the molecule is CCOC(=O)C(C)(C)CNCC1CN(C(=O)OC(C)(C)C)CCN1C(=O)OCc1ccccc1. The van der Waals surface area contributed by atoms with Gasteiger partial charge < -0.3 is 29.3 Å². The summed E-state index contributed by atoms with van der Waals surface area (Å²) in [5.74, 6) is -0.291. The molecule has 1 aliphatic rings. The van der Waals surface area contributed by atoms with E-state index in [1.54, 1.807) is 30.6 Å². The summed E-state index contributed by atoms with van der Waals surface area (Å²) in [6.45, 7) is 13.0. The lowest BCUT2D eigenvalue weighted by molar-refractivity contribution is -0.153. The molecule has 1 unspecified atom stereocenters. The summed E-state index contributed by atoms with van der Waals surface area (Å²) in [6.07, 6.45) is -0.856. The van der Waals surface area contributed by atoms with Gasteiger partial charge in [0, 0.05) is 32.7 Å². The first-order chi connectivity index (χ1) is 15.9. The van der Waals surface area contributed by atoms with Crippen LogP contribution in [0.3, 0.4) is 0 Å². The molecule has 1 saturated heterocycles. The van der Waals surface area contributed by atoms with Crippen molar-refractivity contribution >= 4 is 18.2 Å². The van der Waals surface area contributed by atoms with E-state index in [0.29, 0.717) is 39.3 Å². The summed E-state index contributed by atoms with van der Waals surface area (Å²) >= 11 is 0. The minimum atomic E-state index is -0.728. The van der Waals surface area contributed by atoms with Gasteiger partial charge in [-0.3, -0.25) is 4.79 Å². The molecule has 190 valence electrons. The third-order valence-corrected chi connectivity index (χ3v) is 5.35. The molecule has 1 aromatic carbocycles. The number of hydrogen-bond donors (Lipinski definition) is 1. The maximum atomic E-state index is 12.9. The average Bonchev–Trinajstić information content (AvgIpc) is 2.77. The molecule has 1 aromatic rings. The molecule has 0 aromatic heterocycles. The summed E-state index contributed by atoms with van der Waals surface area (Å²) in [5.41, 5.74) is -0.442. The molecule has 1 aliphatic heterocycles. The van der Waals surface area contributed by atoms with Gasteiger partial charge >= 0.3 is 18.2 Å². The second-order valence-corrected chi connectivity index (χ2v) is 10.0. The van der Waals surface area contributed by atoms with Crippen LogP contribution in [0.2, 0.25) is 0 Å². The van der Waals surface area contributed by atoms with E-state index in [2.05, 4.69) is 5.32 Å². The van der Waals surface area contributed by atoms with Crippen molar-refractivity contribution in [1.29, 1.82) is 0 Å². The van der Waals surface area contributed by atoms with Crippen LogP contribution in [0, 0.1) is 5.41 Å². The minimum Gasteiger partial charge on any atom is -0.466 e. The van der Waals surface area contributed by atoms with Crippen molar-refractivity contribution in [3.63, 3.8) is 0 Å². The molecule has 0 spiro atoms. The van der Waals surface area contributed by atoms with Gasteiger partial charge in [0.15, 0.2) is 0 Å². The first-order valence-corrected chi connectivity index (χ1v) is 11.8. The molecule has 0 radical (unpaired) electrons. The van der Waals surface area contributed by atoms with E-state index in [-0.39, 0.29) is 18.6 Å². The Balaban J connectivity index is 2.04. The highest BCUT2D eigenvalue weighted by molar-refractivity contribution is 5.76. The number of carbonyl (C=O) groups is 3. The number of benzene rings is 1. The van der Waals surface area contributed by atoms with Crippen LogP contribution >= 0.6 is 0 Å². The Labute approximate surface area is 202 Å². The molecular weight excluding hydrogens is 438 g/mol. The Kier molecular flexibility index (Phi) is 9.73. The molecule has 1 fully saturated rings. The summed E-state index contributed by atoms with van der Waals surface area (Å²) in [6, 6.07) is 9.12. The van der Waals surface area contributed by atoms with Gasteiger partial charge in [0.1, 0.15) is 12.2 Å². The molecule has 2 amide bonds. The van der Waals surface area contributed by atoms with Gasteiger partial charge in [-0.05, 0) is 47.1 Å². The standard InChI is InChI=1S/C25H39N3O6/c1-7-32-21(29)25(5,6)18-26-15-20-16-27(22(30)34-24(2,3)4)13-14-28(20)23(31)33-17-19-11-9-8-10-12-19/h8-12,20,26H,7,13-18H2,1-6H3. The third kappa shape index (κ3) is 8.52. The van der Waals surface area contributed by atoms with Gasteiger partial charge in [0.2, 0.25) is 0 Å². The summed E-state index contributed by atoms with van der Waals surface area (Å²) < 4.78 is 16.2. The van der Waals surface area contributed by atoms with Crippen LogP contribution in [0.15, 0.2) is 30.3 Å². The molecule has 2 rings (SSSR count). The maximum absolute atomic E-state index is 12.9. The minimum absolute atomic E-state index is 0.169. The van der Waals surface area contributed by atoms with E-state index in [4.69, 9.17) is 14.2 Å². The van der Waals surface area contributed by atoms with Gasteiger partial charge in [-0.2, -0.15) is 0 Å². The molecule has 9 nitrogen and oxygen atoms in total. The van der Waals surface area contributed by atoms with Crippen molar-refractivity contribution in [2.75, 3.05) is 39.3 Å². The second kappa shape index (κ2) is 12.1. The zero-order chi connectivity index (χ0) is 25.4. The number of rotatable bonds is 8. The van der Waals surface area contributed by atoms with Crippen LogP contribution in [0.5, 0.6) is 0 Å². The van der Waals surface area contributed by atoms with Crippen LogP contribution < -0.4 is 5.32 Å². The lowest BCUT2D eigenvalue weighted by atomic mass is 9.93. The van der Waals surface area contributed by atoms with Crippen LogP contribution in [-0.4, -0.2) is 78.9 Å². The molecule has 1 atom stereocenters. The molecule has 0 saturated carbocycles. The molecular formula is C25H39N3O6. The average molecular weight is 478 g/mol. The summed E-state index contributed by atoms with van der Waals surface area (Å²) in [5, 5.41) is 3.27. The highest BCUT2D eigenvalue weighted by atomic mass is 16.6. The van der Waals surface area contributed by atoms with Gasteiger partial charge in [0.25, 0.3) is 0 Å². The predicted molar refractivity (Wildman–Crippen MR) is 128 cm³/mol. The molecule has 0 bridgehead atoms. The van der Waals surface area contributed by atoms with E-state index < -0.39 is 23.2 Å². The van der Waals surface area contributed by atoms with E-state index in [1.807, 2.05) is 51.1 Å². The maximum Gasteiger partial charge on any atom is 0.410 e. The van der Waals surface area contributed by atoms with E-state index in [0.717, 1.165) is 5.56 Å². The number of carbonyl (C=O) groups excluding carboxylic acids is 3. The smallest absolute Gasteiger partial charge is 0.410 e. The zero-order valence-electron chi connectivity index (χ0n) is 21.3. The van der Waals surface area contributed by atoms with Crippen molar-refractivity contribution in [1.82, 2.24) is 15.1 Å². The number of esters is 1. The first kappa shape index (κ1) is 27.4. The topological polar surface area (TPSA) is 97.4 Å². The van der Waals surface area contributed by atoms with Crippen LogP contribution in [0.25, 0.3) is 0 Å². The van der Waals surface area contributed by atoms with Gasteiger partial charge in [0.05, 0.1) is 18.1 Å². The fraction of sp³-hybridized carbons (Fsp3) is 0.640. The van der Waals surface area contributed by atoms with Crippen molar-refractivity contribution < 1.29 is 28.6 Å². The highest BCUT2D eigenvalue weighted by Gasteiger charge is 2.36. The number of piperazine rings is 1. The zero-order valence-corrected chi connectivity index (χ0v) is 21.3. The van der Waals surface area contributed by atoms with Crippen molar-refractivity contribution in [2.45, 2.75) is 59.8 Å². The second-order valence-electron chi connectivity index (χ2n) is 10.0. The van der Waals surface area contributed by atoms with Crippen molar-refractivity contribution in [3.05, 3.63) is 35.9 Å². The Morgan fingerprint density at radius 3 is 2.29 bits per heavy atom. The molecule has 34 heavy (non-hydrogen) atoms. The number of nitrogens with one attached hydrogen (secondary N) is 1. The van der Waals surface area contributed by atoms with Crippen LogP contribution in [0.1, 0.15) is 47.1 Å². The Morgan fingerprint density at radius 2 is 1.68 bits per heavy atom. The Hall–Kier alpha value is -2.81. The number of ether oxygens (including phenoxy) is 3. The van der Waals surface area contributed by atoms with Crippen molar-refractivity contribution in [2.24, 2.45) is 5.41 Å². The highest BCUT2D eigenvalue weighted by Crippen LogP contribution is 2.18. The molecule has 0 aliphatic carbocycles. The largest absolute Gasteiger partial charge is 0.466 e. The molecule has 1 N–H and O–H groups in total.